The topological polar surface area (TPSA) is 56.7 Å². The van der Waals surface area contributed by atoms with Crippen molar-refractivity contribution in [2.45, 2.75) is 0 Å². The zero-order valence-corrected chi connectivity index (χ0v) is 35.6. The first-order valence-electron chi connectivity index (χ1n) is 22.3. The van der Waals surface area contributed by atoms with Crippen molar-refractivity contribution in [2.75, 3.05) is 0 Å². The van der Waals surface area contributed by atoms with Crippen LogP contribution in [-0.4, -0.2) is 19.5 Å². The van der Waals surface area contributed by atoms with E-state index in [0.29, 0.717) is 17.5 Å². The van der Waals surface area contributed by atoms with Gasteiger partial charge in [0.1, 0.15) is 11.2 Å². The van der Waals surface area contributed by atoms with E-state index in [1.54, 1.807) is 0 Å². The van der Waals surface area contributed by atoms with Crippen LogP contribution in [0.1, 0.15) is 0 Å². The third kappa shape index (κ3) is 6.36. The van der Waals surface area contributed by atoms with Gasteiger partial charge in [-0.1, -0.05) is 194 Å². The van der Waals surface area contributed by atoms with Gasteiger partial charge in [-0.25, -0.2) is 15.0 Å². The molecule has 5 heteroatoms. The van der Waals surface area contributed by atoms with Crippen LogP contribution in [-0.2, 0) is 0 Å². The maximum absolute atomic E-state index is 6.89. The molecule has 0 aliphatic heterocycles. The summed E-state index contributed by atoms with van der Waals surface area (Å²) in [5.74, 6) is 1.76. The number of para-hydroxylation sites is 1. The minimum absolute atomic E-state index is 0.571. The Hall–Kier alpha value is -8.93. The molecule has 0 saturated carbocycles. The van der Waals surface area contributed by atoms with Crippen molar-refractivity contribution < 1.29 is 4.42 Å². The van der Waals surface area contributed by atoms with E-state index < -0.39 is 0 Å². The molecule has 0 spiro atoms. The summed E-state index contributed by atoms with van der Waals surface area (Å²) in [5, 5.41) is 6.76. The smallest absolute Gasteiger partial charge is 0.164 e. The molecule has 308 valence electrons. The average molecular weight is 843 g/mol. The van der Waals surface area contributed by atoms with E-state index >= 15 is 0 Å². The first-order valence-corrected chi connectivity index (χ1v) is 22.3. The van der Waals surface area contributed by atoms with Crippen molar-refractivity contribution >= 4 is 54.5 Å². The van der Waals surface area contributed by atoms with Crippen molar-refractivity contribution in [1.29, 1.82) is 0 Å². The predicted octanol–water partition coefficient (Wildman–Crippen LogP) is 16.0. The van der Waals surface area contributed by atoms with Crippen LogP contribution in [0.5, 0.6) is 0 Å². The normalized spacial score (nSPS) is 11.6. The van der Waals surface area contributed by atoms with Crippen LogP contribution in [0.2, 0.25) is 0 Å². The highest BCUT2D eigenvalue weighted by Gasteiger charge is 2.23. The van der Waals surface area contributed by atoms with Gasteiger partial charge in [0.2, 0.25) is 0 Å². The van der Waals surface area contributed by atoms with Crippen LogP contribution in [0.3, 0.4) is 0 Å². The largest absolute Gasteiger partial charge is 0.456 e. The quantitative estimate of drug-likeness (QED) is 0.160. The molecule has 3 aromatic heterocycles. The highest BCUT2D eigenvalue weighted by atomic mass is 16.3. The molecule has 10 aromatic carbocycles. The number of nitrogens with zero attached hydrogens (tertiary/aromatic N) is 4. The summed E-state index contributed by atoms with van der Waals surface area (Å²) < 4.78 is 9.30. The second-order valence-electron chi connectivity index (χ2n) is 16.8. The fourth-order valence-corrected chi connectivity index (χ4v) is 9.64. The fraction of sp³-hybridized carbons (Fsp3) is 0. The van der Waals surface area contributed by atoms with Crippen molar-refractivity contribution in [2.24, 2.45) is 0 Å². The summed E-state index contributed by atoms with van der Waals surface area (Å²) in [5.41, 5.74) is 14.3. The molecule has 5 nitrogen and oxygen atoms in total. The lowest BCUT2D eigenvalue weighted by Crippen LogP contribution is -2.00. The predicted molar refractivity (Wildman–Crippen MR) is 272 cm³/mol. The van der Waals surface area contributed by atoms with Crippen molar-refractivity contribution in [3.8, 4) is 73.2 Å². The van der Waals surface area contributed by atoms with Crippen LogP contribution < -0.4 is 0 Å². The van der Waals surface area contributed by atoms with Gasteiger partial charge in [0.15, 0.2) is 17.5 Å². The van der Waals surface area contributed by atoms with Gasteiger partial charge in [-0.3, -0.25) is 0 Å². The highest BCUT2D eigenvalue weighted by molar-refractivity contribution is 6.16. The minimum Gasteiger partial charge on any atom is -0.456 e. The summed E-state index contributed by atoms with van der Waals surface area (Å²) in [6.07, 6.45) is 0. The van der Waals surface area contributed by atoms with E-state index in [-0.39, 0.29) is 0 Å². The third-order valence-corrected chi connectivity index (χ3v) is 12.9. The lowest BCUT2D eigenvalue weighted by molar-refractivity contribution is 0.668. The molecule has 66 heavy (non-hydrogen) atoms. The van der Waals surface area contributed by atoms with Crippen molar-refractivity contribution in [3.63, 3.8) is 0 Å². The molecule has 0 atom stereocenters. The number of fused-ring (bicyclic) bond motifs is 7. The summed E-state index contributed by atoms with van der Waals surface area (Å²) >= 11 is 0. The average Bonchev–Trinajstić information content (AvgIpc) is 3.93. The van der Waals surface area contributed by atoms with E-state index in [1.165, 1.54) is 21.5 Å². The summed E-state index contributed by atoms with van der Waals surface area (Å²) in [6, 6.07) is 81.0. The molecular weight excluding hydrogens is 805 g/mol. The lowest BCUT2D eigenvalue weighted by Gasteiger charge is -2.15. The Balaban J connectivity index is 1.03. The molecule has 0 amide bonds. The molecule has 3 heterocycles. The van der Waals surface area contributed by atoms with Crippen LogP contribution >= 0.6 is 0 Å². The molecule has 0 aliphatic rings. The Bertz CT molecular complexity index is 3850. The van der Waals surface area contributed by atoms with Crippen molar-refractivity contribution in [3.05, 3.63) is 231 Å². The van der Waals surface area contributed by atoms with Gasteiger partial charge < -0.3 is 8.98 Å². The zero-order chi connectivity index (χ0) is 43.6. The molecule has 0 N–H and O–H groups in total. The molecule has 0 aliphatic carbocycles. The van der Waals surface area contributed by atoms with Crippen molar-refractivity contribution in [1.82, 2.24) is 19.5 Å². The Morgan fingerprint density at radius 3 is 1.45 bits per heavy atom. The first kappa shape index (κ1) is 37.6. The van der Waals surface area contributed by atoms with Gasteiger partial charge in [0.25, 0.3) is 0 Å². The number of benzene rings is 10. The van der Waals surface area contributed by atoms with Gasteiger partial charge in [-0.2, -0.15) is 0 Å². The van der Waals surface area contributed by atoms with E-state index in [9.17, 15) is 0 Å². The SMILES string of the molecule is c1ccc(-c2ccc(-c3nc(-c4ccc(-c5ccccc5)cc4)nc(-c4cccc5oc6cc(-n7c8ccccc8c8cc9ccccc9cc87)c(-c7ccccc7)cc6c45)n3)cc2)cc1. The Kier molecular flexibility index (Phi) is 8.78. The standard InChI is InChI=1S/C61H38N4O/c1-4-15-39(16-5-1)41-27-31-44(32-28-41)59-62-60(45-33-29-42(30-34-45)40-17-6-2-7-18-40)64-61(63-59)49-24-14-26-56-58(49)52-37-50(43-19-8-3-9-20-43)55(38-57(52)66-56)65-53-25-13-12-23-48(53)51-35-46-21-10-11-22-47(46)36-54(51)65/h1-38H. The number of furan rings is 1. The molecule has 0 fully saturated rings. The number of hydrogen-bond acceptors (Lipinski definition) is 4. The second kappa shape index (κ2) is 15.4. The third-order valence-electron chi connectivity index (χ3n) is 12.9. The molecule has 0 radical (unpaired) electrons. The molecule has 13 rings (SSSR count). The monoisotopic (exact) mass is 842 g/mol. The molecule has 13 aromatic rings. The van der Waals surface area contributed by atoms with Crippen LogP contribution in [0, 0.1) is 0 Å². The Morgan fingerprint density at radius 1 is 0.303 bits per heavy atom. The molecule has 0 unspecified atom stereocenters. The maximum Gasteiger partial charge on any atom is 0.164 e. The summed E-state index contributed by atoms with van der Waals surface area (Å²) in [7, 11) is 0. The molecule has 0 bridgehead atoms. The van der Waals surface area contributed by atoms with Gasteiger partial charge >= 0.3 is 0 Å². The van der Waals surface area contributed by atoms with E-state index in [2.05, 4.69) is 211 Å². The molecule has 0 saturated heterocycles. The maximum atomic E-state index is 6.89. The van der Waals surface area contributed by atoms with Gasteiger partial charge in [0.05, 0.1) is 16.7 Å². The Morgan fingerprint density at radius 2 is 0.818 bits per heavy atom. The van der Waals surface area contributed by atoms with Gasteiger partial charge in [0, 0.05) is 49.9 Å². The Labute approximate surface area is 380 Å². The number of rotatable bonds is 7. The van der Waals surface area contributed by atoms with Crippen LogP contribution in [0.25, 0.3) is 128 Å². The van der Waals surface area contributed by atoms with E-state index in [4.69, 9.17) is 19.4 Å². The van der Waals surface area contributed by atoms with E-state index in [0.717, 1.165) is 88.7 Å². The molecular formula is C61H38N4O. The van der Waals surface area contributed by atoms with E-state index in [1.807, 2.05) is 24.3 Å². The second-order valence-corrected chi connectivity index (χ2v) is 16.8. The zero-order valence-electron chi connectivity index (χ0n) is 35.6. The number of aromatic nitrogens is 4. The van der Waals surface area contributed by atoms with Gasteiger partial charge in [-0.05, 0) is 68.9 Å². The number of hydrogen-bond donors (Lipinski definition) is 0. The first-order chi connectivity index (χ1) is 32.7. The lowest BCUT2D eigenvalue weighted by atomic mass is 9.98. The fourth-order valence-electron chi connectivity index (χ4n) is 9.64. The van der Waals surface area contributed by atoms with Crippen LogP contribution in [0.4, 0.5) is 0 Å². The highest BCUT2D eigenvalue weighted by Crippen LogP contribution is 2.44. The summed E-state index contributed by atoms with van der Waals surface area (Å²) in [4.78, 5) is 15.7. The minimum atomic E-state index is 0.571. The van der Waals surface area contributed by atoms with Crippen LogP contribution in [0.15, 0.2) is 235 Å². The van der Waals surface area contributed by atoms with Gasteiger partial charge in [-0.15, -0.1) is 0 Å². The summed E-state index contributed by atoms with van der Waals surface area (Å²) in [6.45, 7) is 0.